The lowest BCUT2D eigenvalue weighted by molar-refractivity contribution is 0.0955. The van der Waals surface area contributed by atoms with E-state index in [0.29, 0.717) is 17.8 Å². The van der Waals surface area contributed by atoms with Gasteiger partial charge in [-0.3, -0.25) is 9.10 Å². The van der Waals surface area contributed by atoms with Gasteiger partial charge in [-0.15, -0.1) is 0 Å². The van der Waals surface area contributed by atoms with Crippen molar-refractivity contribution in [1.29, 1.82) is 0 Å². The first kappa shape index (κ1) is 16.0. The second kappa shape index (κ2) is 6.62. The predicted molar refractivity (Wildman–Crippen MR) is 86.5 cm³/mol. The van der Waals surface area contributed by atoms with E-state index in [1.54, 1.807) is 36.4 Å². The molecule has 0 heterocycles. The standard InChI is InChI=1S/C16H18N2O3S/c1-3-17-16(19)13-8-7-11-15(12-13)22(20,21)18(2)14-9-5-4-6-10-14/h4-12H,3H2,1-2H3,(H,17,19). The lowest BCUT2D eigenvalue weighted by atomic mass is 10.2. The number of anilines is 1. The van der Waals surface area contributed by atoms with Crippen LogP contribution in [0.2, 0.25) is 0 Å². The molecule has 116 valence electrons. The maximum absolute atomic E-state index is 12.7. The molecule has 0 saturated carbocycles. The van der Waals surface area contributed by atoms with Gasteiger partial charge in [0.2, 0.25) is 0 Å². The van der Waals surface area contributed by atoms with Gasteiger partial charge in [-0.1, -0.05) is 24.3 Å². The van der Waals surface area contributed by atoms with Crippen LogP contribution in [-0.4, -0.2) is 27.9 Å². The van der Waals surface area contributed by atoms with E-state index < -0.39 is 10.0 Å². The molecule has 5 nitrogen and oxygen atoms in total. The summed E-state index contributed by atoms with van der Waals surface area (Å²) >= 11 is 0. The quantitative estimate of drug-likeness (QED) is 0.919. The van der Waals surface area contributed by atoms with Crippen molar-refractivity contribution >= 4 is 21.6 Å². The van der Waals surface area contributed by atoms with Crippen LogP contribution in [0.5, 0.6) is 0 Å². The molecular weight excluding hydrogens is 300 g/mol. The molecule has 2 rings (SSSR count). The first-order valence-corrected chi connectivity index (χ1v) is 8.33. The molecule has 0 fully saturated rings. The number of carbonyl (C=O) groups excluding carboxylic acids is 1. The molecular formula is C16H18N2O3S. The van der Waals surface area contributed by atoms with Crippen molar-refractivity contribution < 1.29 is 13.2 Å². The zero-order valence-corrected chi connectivity index (χ0v) is 13.3. The Morgan fingerprint density at radius 3 is 2.41 bits per heavy atom. The van der Waals surface area contributed by atoms with Gasteiger partial charge in [-0.25, -0.2) is 8.42 Å². The molecule has 0 aromatic heterocycles. The maximum atomic E-state index is 12.7. The highest BCUT2D eigenvalue weighted by atomic mass is 32.2. The topological polar surface area (TPSA) is 66.5 Å². The summed E-state index contributed by atoms with van der Waals surface area (Å²) in [5.41, 5.74) is 0.885. The molecule has 6 heteroatoms. The van der Waals surface area contributed by atoms with E-state index in [-0.39, 0.29) is 10.8 Å². The maximum Gasteiger partial charge on any atom is 0.264 e. The van der Waals surface area contributed by atoms with Crippen molar-refractivity contribution in [2.24, 2.45) is 0 Å². The SMILES string of the molecule is CCNC(=O)c1cccc(S(=O)(=O)N(C)c2ccccc2)c1. The average Bonchev–Trinajstić information content (AvgIpc) is 2.55. The second-order valence-electron chi connectivity index (χ2n) is 4.70. The molecule has 1 amide bonds. The molecule has 2 aromatic rings. The molecule has 0 bridgehead atoms. The predicted octanol–water partition coefficient (Wildman–Crippen LogP) is 2.26. The van der Waals surface area contributed by atoms with Crippen LogP contribution in [0.1, 0.15) is 17.3 Å². The third-order valence-electron chi connectivity index (χ3n) is 3.21. The number of carbonyl (C=O) groups is 1. The first-order chi connectivity index (χ1) is 10.5. The molecule has 0 aliphatic rings. The van der Waals surface area contributed by atoms with E-state index in [0.717, 1.165) is 0 Å². The minimum absolute atomic E-state index is 0.0857. The molecule has 0 radical (unpaired) electrons. The van der Waals surface area contributed by atoms with Gasteiger partial charge >= 0.3 is 0 Å². The highest BCUT2D eigenvalue weighted by Crippen LogP contribution is 2.22. The first-order valence-electron chi connectivity index (χ1n) is 6.89. The molecule has 0 unspecified atom stereocenters. The summed E-state index contributed by atoms with van der Waals surface area (Å²) in [5.74, 6) is -0.290. The third kappa shape index (κ3) is 3.28. The zero-order valence-electron chi connectivity index (χ0n) is 12.5. The zero-order chi connectivity index (χ0) is 16.2. The minimum Gasteiger partial charge on any atom is -0.352 e. The highest BCUT2D eigenvalue weighted by molar-refractivity contribution is 7.92. The largest absolute Gasteiger partial charge is 0.352 e. The fourth-order valence-corrected chi connectivity index (χ4v) is 3.24. The molecule has 22 heavy (non-hydrogen) atoms. The summed E-state index contributed by atoms with van der Waals surface area (Å²) in [7, 11) is -2.22. The van der Waals surface area contributed by atoms with Crippen molar-refractivity contribution in [1.82, 2.24) is 5.32 Å². The molecule has 0 spiro atoms. The van der Waals surface area contributed by atoms with Gasteiger partial charge in [0.15, 0.2) is 0 Å². The Hall–Kier alpha value is -2.34. The number of hydrogen-bond acceptors (Lipinski definition) is 3. The van der Waals surface area contributed by atoms with Crippen LogP contribution in [0, 0.1) is 0 Å². The van der Waals surface area contributed by atoms with Gasteiger partial charge in [0.1, 0.15) is 0 Å². The number of hydrogen-bond donors (Lipinski definition) is 1. The number of rotatable bonds is 5. The average molecular weight is 318 g/mol. The summed E-state index contributed by atoms with van der Waals surface area (Å²) in [6, 6.07) is 14.8. The van der Waals surface area contributed by atoms with Gasteiger partial charge in [0.05, 0.1) is 10.6 Å². The lowest BCUT2D eigenvalue weighted by Crippen LogP contribution is -2.27. The summed E-state index contributed by atoms with van der Waals surface area (Å²) in [5, 5.41) is 2.65. The van der Waals surface area contributed by atoms with E-state index in [1.165, 1.54) is 23.5 Å². The molecule has 0 atom stereocenters. The summed E-state index contributed by atoms with van der Waals surface area (Å²) in [6.45, 7) is 2.29. The van der Waals surface area contributed by atoms with Gasteiger partial charge < -0.3 is 5.32 Å². The normalized spacial score (nSPS) is 11.0. The monoisotopic (exact) mass is 318 g/mol. The fraction of sp³-hybridized carbons (Fsp3) is 0.188. The van der Waals surface area contributed by atoms with Crippen molar-refractivity contribution in [3.8, 4) is 0 Å². The molecule has 0 aliphatic heterocycles. The van der Waals surface area contributed by atoms with Crippen LogP contribution in [0.4, 0.5) is 5.69 Å². The Morgan fingerprint density at radius 2 is 1.77 bits per heavy atom. The van der Waals surface area contributed by atoms with Crippen LogP contribution in [0.3, 0.4) is 0 Å². The van der Waals surface area contributed by atoms with Gasteiger partial charge in [0.25, 0.3) is 15.9 Å². The van der Waals surface area contributed by atoms with E-state index >= 15 is 0 Å². The smallest absolute Gasteiger partial charge is 0.264 e. The Labute approximate surface area is 130 Å². The fourth-order valence-electron chi connectivity index (χ4n) is 2.00. The van der Waals surface area contributed by atoms with E-state index in [4.69, 9.17) is 0 Å². The second-order valence-corrected chi connectivity index (χ2v) is 6.66. The summed E-state index contributed by atoms with van der Waals surface area (Å²) in [4.78, 5) is 11.9. The summed E-state index contributed by atoms with van der Waals surface area (Å²) < 4.78 is 26.5. The van der Waals surface area contributed by atoms with E-state index in [9.17, 15) is 13.2 Å². The van der Waals surface area contributed by atoms with Crippen LogP contribution < -0.4 is 9.62 Å². The van der Waals surface area contributed by atoms with Crippen LogP contribution in [0.25, 0.3) is 0 Å². The lowest BCUT2D eigenvalue weighted by Gasteiger charge is -2.19. The van der Waals surface area contributed by atoms with Crippen LogP contribution >= 0.6 is 0 Å². The third-order valence-corrected chi connectivity index (χ3v) is 4.99. The van der Waals surface area contributed by atoms with Gasteiger partial charge in [-0.05, 0) is 37.3 Å². The van der Waals surface area contributed by atoms with E-state index in [1.807, 2.05) is 13.0 Å². The van der Waals surface area contributed by atoms with Crippen molar-refractivity contribution in [3.05, 3.63) is 60.2 Å². The van der Waals surface area contributed by atoms with Crippen molar-refractivity contribution in [3.63, 3.8) is 0 Å². The van der Waals surface area contributed by atoms with Crippen LogP contribution in [-0.2, 0) is 10.0 Å². The molecule has 0 saturated heterocycles. The highest BCUT2D eigenvalue weighted by Gasteiger charge is 2.22. The Balaban J connectivity index is 2.38. The van der Waals surface area contributed by atoms with Crippen molar-refractivity contribution in [2.75, 3.05) is 17.9 Å². The van der Waals surface area contributed by atoms with Crippen LogP contribution in [0.15, 0.2) is 59.5 Å². The Bertz CT molecular complexity index is 758. The van der Waals surface area contributed by atoms with Gasteiger partial charge in [0, 0.05) is 19.2 Å². The van der Waals surface area contributed by atoms with E-state index in [2.05, 4.69) is 5.32 Å². The number of amides is 1. The molecule has 2 aromatic carbocycles. The Morgan fingerprint density at radius 1 is 1.09 bits per heavy atom. The number of sulfonamides is 1. The Kier molecular flexibility index (Phi) is 4.82. The van der Waals surface area contributed by atoms with Crippen molar-refractivity contribution in [2.45, 2.75) is 11.8 Å². The van der Waals surface area contributed by atoms with Gasteiger partial charge in [-0.2, -0.15) is 0 Å². The summed E-state index contributed by atoms with van der Waals surface area (Å²) in [6.07, 6.45) is 0. The number of nitrogens with one attached hydrogen (secondary N) is 1. The number of nitrogens with zero attached hydrogens (tertiary/aromatic N) is 1. The number of para-hydroxylation sites is 1. The number of benzene rings is 2. The minimum atomic E-state index is -3.71. The molecule has 0 aliphatic carbocycles. The molecule has 1 N–H and O–H groups in total.